The minimum absolute atomic E-state index is 0.0583. The summed E-state index contributed by atoms with van der Waals surface area (Å²) in [6.45, 7) is 0.812. The summed E-state index contributed by atoms with van der Waals surface area (Å²) in [5, 5.41) is 3.90. The van der Waals surface area contributed by atoms with E-state index in [9.17, 15) is 14.4 Å². The van der Waals surface area contributed by atoms with Crippen LogP contribution in [0.4, 0.5) is 0 Å². The molecule has 3 amide bonds. The van der Waals surface area contributed by atoms with Crippen LogP contribution in [0.3, 0.4) is 0 Å². The molecule has 7 nitrogen and oxygen atoms in total. The third-order valence-corrected chi connectivity index (χ3v) is 6.69. The van der Waals surface area contributed by atoms with Gasteiger partial charge in [0.05, 0.1) is 13.0 Å². The topological polar surface area (TPSA) is 82.6 Å². The molecule has 1 aliphatic heterocycles. The number of rotatable bonds is 9. The lowest BCUT2D eigenvalue weighted by Crippen LogP contribution is -2.60. The molecule has 2 aromatic carbocycles. The first-order valence-electron chi connectivity index (χ1n) is 11.6. The number of carbonyl (C=O) groups is 3. The standard InChI is InChI=1S/C27H26Cl2N4O3/c28-22-7-6-21(23(29)14-22)10-13-32-18-26(35)33(17-20-8-11-30-12-9-20)24(27(32)36)15-25(34)31-16-19-4-2-1-3-5-19/h1-9,11-12,14,24H,10,13,15-18H2,(H,31,34). The number of hydrogen-bond donors (Lipinski definition) is 1. The van der Waals surface area contributed by atoms with Gasteiger partial charge in [-0.15, -0.1) is 0 Å². The SMILES string of the molecule is O=C(CC1C(=O)N(CCc2ccc(Cl)cc2Cl)CC(=O)N1Cc1ccncc1)NCc1ccccc1. The Kier molecular flexibility index (Phi) is 8.57. The summed E-state index contributed by atoms with van der Waals surface area (Å²) in [6, 6.07) is 17.4. The Bertz CT molecular complexity index is 1220. The molecular formula is C27H26Cl2N4O3. The van der Waals surface area contributed by atoms with Crippen LogP contribution < -0.4 is 5.32 Å². The van der Waals surface area contributed by atoms with Gasteiger partial charge in [0.15, 0.2) is 0 Å². The van der Waals surface area contributed by atoms with Gasteiger partial charge >= 0.3 is 0 Å². The molecule has 1 fully saturated rings. The summed E-state index contributed by atoms with van der Waals surface area (Å²) in [6.07, 6.45) is 3.61. The zero-order valence-corrected chi connectivity index (χ0v) is 21.1. The molecule has 0 bridgehead atoms. The summed E-state index contributed by atoms with van der Waals surface area (Å²) in [4.78, 5) is 46.6. The molecule has 0 spiro atoms. The number of amides is 3. The lowest BCUT2D eigenvalue weighted by Gasteiger charge is -2.40. The van der Waals surface area contributed by atoms with Crippen molar-refractivity contribution in [1.82, 2.24) is 20.1 Å². The summed E-state index contributed by atoms with van der Waals surface area (Å²) in [7, 11) is 0. The minimum atomic E-state index is -0.907. The molecule has 0 saturated carbocycles. The van der Waals surface area contributed by atoms with Crippen LogP contribution in [-0.2, 0) is 33.9 Å². The Morgan fingerprint density at radius 1 is 1.00 bits per heavy atom. The molecule has 3 aromatic rings. The quantitative estimate of drug-likeness (QED) is 0.460. The Morgan fingerprint density at radius 3 is 2.47 bits per heavy atom. The van der Waals surface area contributed by atoms with E-state index in [-0.39, 0.29) is 37.2 Å². The van der Waals surface area contributed by atoms with E-state index in [0.29, 0.717) is 29.6 Å². The zero-order chi connectivity index (χ0) is 25.5. The molecule has 1 saturated heterocycles. The molecule has 1 aliphatic rings. The molecule has 2 heterocycles. The maximum atomic E-state index is 13.5. The van der Waals surface area contributed by atoms with Crippen molar-refractivity contribution in [2.45, 2.75) is 32.0 Å². The summed E-state index contributed by atoms with van der Waals surface area (Å²) >= 11 is 12.3. The second-order valence-corrected chi connectivity index (χ2v) is 9.45. The van der Waals surface area contributed by atoms with E-state index < -0.39 is 6.04 Å². The van der Waals surface area contributed by atoms with Crippen molar-refractivity contribution in [2.24, 2.45) is 0 Å². The number of nitrogens with one attached hydrogen (secondary N) is 1. The van der Waals surface area contributed by atoms with Gasteiger partial charge in [0.2, 0.25) is 17.7 Å². The summed E-state index contributed by atoms with van der Waals surface area (Å²) in [5.41, 5.74) is 2.62. The third kappa shape index (κ3) is 6.62. The van der Waals surface area contributed by atoms with Gasteiger partial charge < -0.3 is 15.1 Å². The van der Waals surface area contributed by atoms with Gasteiger partial charge in [-0.3, -0.25) is 19.4 Å². The molecule has 186 valence electrons. The van der Waals surface area contributed by atoms with Gasteiger partial charge in [-0.2, -0.15) is 0 Å². The first kappa shape index (κ1) is 25.7. The smallest absolute Gasteiger partial charge is 0.246 e. The maximum Gasteiger partial charge on any atom is 0.246 e. The molecule has 9 heteroatoms. The fraction of sp³-hybridized carbons (Fsp3) is 0.259. The van der Waals surface area contributed by atoms with Crippen LogP contribution >= 0.6 is 23.2 Å². The Morgan fingerprint density at radius 2 is 1.75 bits per heavy atom. The van der Waals surface area contributed by atoms with Crippen molar-refractivity contribution in [3.8, 4) is 0 Å². The van der Waals surface area contributed by atoms with Crippen molar-refractivity contribution in [1.29, 1.82) is 0 Å². The predicted molar refractivity (Wildman–Crippen MR) is 138 cm³/mol. The molecular weight excluding hydrogens is 499 g/mol. The van der Waals surface area contributed by atoms with Crippen LogP contribution in [0, 0.1) is 0 Å². The van der Waals surface area contributed by atoms with E-state index in [0.717, 1.165) is 16.7 Å². The minimum Gasteiger partial charge on any atom is -0.352 e. The number of nitrogens with zero attached hydrogens (tertiary/aromatic N) is 3. The van der Waals surface area contributed by atoms with Crippen LogP contribution in [0.5, 0.6) is 0 Å². The van der Waals surface area contributed by atoms with E-state index >= 15 is 0 Å². The molecule has 0 radical (unpaired) electrons. The van der Waals surface area contributed by atoms with E-state index in [1.165, 1.54) is 9.80 Å². The normalized spacial score (nSPS) is 15.8. The summed E-state index contributed by atoms with van der Waals surface area (Å²) in [5.74, 6) is -0.773. The number of piperazine rings is 1. The number of halogens is 2. The average molecular weight is 525 g/mol. The number of carbonyl (C=O) groups excluding carboxylic acids is 3. The zero-order valence-electron chi connectivity index (χ0n) is 19.6. The van der Waals surface area contributed by atoms with Crippen molar-refractivity contribution in [3.05, 3.63) is 99.8 Å². The lowest BCUT2D eigenvalue weighted by atomic mass is 10.0. The van der Waals surface area contributed by atoms with Gasteiger partial charge in [-0.1, -0.05) is 59.6 Å². The largest absolute Gasteiger partial charge is 0.352 e. The first-order chi connectivity index (χ1) is 17.4. The monoisotopic (exact) mass is 524 g/mol. The number of pyridine rings is 1. The van der Waals surface area contributed by atoms with Crippen LogP contribution in [0.25, 0.3) is 0 Å². The highest BCUT2D eigenvalue weighted by molar-refractivity contribution is 6.35. The van der Waals surface area contributed by atoms with Crippen LogP contribution in [0.2, 0.25) is 10.0 Å². The van der Waals surface area contributed by atoms with E-state index in [1.807, 2.05) is 36.4 Å². The maximum absolute atomic E-state index is 13.5. The Balaban J connectivity index is 1.48. The highest BCUT2D eigenvalue weighted by atomic mass is 35.5. The number of benzene rings is 2. The highest BCUT2D eigenvalue weighted by Crippen LogP contribution is 2.23. The molecule has 36 heavy (non-hydrogen) atoms. The van der Waals surface area contributed by atoms with Crippen LogP contribution in [-0.4, -0.2) is 51.6 Å². The van der Waals surface area contributed by atoms with Gasteiger partial charge in [-0.25, -0.2) is 0 Å². The van der Waals surface area contributed by atoms with Crippen LogP contribution in [0.1, 0.15) is 23.1 Å². The van der Waals surface area contributed by atoms with Crippen molar-refractivity contribution < 1.29 is 14.4 Å². The molecule has 1 N–H and O–H groups in total. The van der Waals surface area contributed by atoms with Gasteiger partial charge in [0.1, 0.15) is 6.04 Å². The fourth-order valence-electron chi connectivity index (χ4n) is 4.14. The lowest BCUT2D eigenvalue weighted by molar-refractivity contribution is -0.157. The Hall–Kier alpha value is -3.42. The molecule has 1 unspecified atom stereocenters. The molecule has 1 atom stereocenters. The third-order valence-electron chi connectivity index (χ3n) is 6.10. The predicted octanol–water partition coefficient (Wildman–Crippen LogP) is 3.88. The van der Waals surface area contributed by atoms with Gasteiger partial charge in [0.25, 0.3) is 0 Å². The molecule has 1 aromatic heterocycles. The number of aromatic nitrogens is 1. The van der Waals surface area contributed by atoms with Crippen molar-refractivity contribution in [2.75, 3.05) is 13.1 Å². The van der Waals surface area contributed by atoms with Crippen molar-refractivity contribution in [3.63, 3.8) is 0 Å². The van der Waals surface area contributed by atoms with Crippen molar-refractivity contribution >= 4 is 40.9 Å². The second kappa shape index (κ2) is 12.0. The van der Waals surface area contributed by atoms with Gasteiger partial charge in [-0.05, 0) is 47.4 Å². The summed E-state index contributed by atoms with van der Waals surface area (Å²) < 4.78 is 0. The molecule has 4 rings (SSSR count). The molecule has 0 aliphatic carbocycles. The highest BCUT2D eigenvalue weighted by Gasteiger charge is 2.40. The Labute approximate surface area is 220 Å². The van der Waals surface area contributed by atoms with E-state index in [2.05, 4.69) is 10.3 Å². The average Bonchev–Trinajstić information content (AvgIpc) is 2.88. The van der Waals surface area contributed by atoms with E-state index in [1.54, 1.807) is 36.7 Å². The first-order valence-corrected chi connectivity index (χ1v) is 12.4. The van der Waals surface area contributed by atoms with Gasteiger partial charge in [0, 0.05) is 42.1 Å². The van der Waals surface area contributed by atoms with E-state index in [4.69, 9.17) is 23.2 Å². The van der Waals surface area contributed by atoms with Crippen LogP contribution in [0.15, 0.2) is 73.1 Å². The second-order valence-electron chi connectivity index (χ2n) is 8.60. The number of hydrogen-bond acceptors (Lipinski definition) is 4. The fourth-order valence-corrected chi connectivity index (χ4v) is 4.65.